The number of nitrogens with zero attached hydrogens (tertiary/aromatic N) is 1. The lowest BCUT2D eigenvalue weighted by Gasteiger charge is -2.08. The maximum atomic E-state index is 5.07. The molecule has 1 aromatic heterocycles. The van der Waals surface area contributed by atoms with Crippen LogP contribution in [0.4, 0.5) is 5.88 Å². The van der Waals surface area contributed by atoms with Crippen LogP contribution in [0.5, 0.6) is 0 Å². The minimum absolute atomic E-state index is 0.391. The molecule has 0 saturated carbocycles. The lowest BCUT2D eigenvalue weighted by Crippen LogP contribution is -2.17. The van der Waals surface area contributed by atoms with E-state index in [-0.39, 0.29) is 0 Å². The molecular weight excluding hydrogens is 154 g/mol. The fourth-order valence-corrected chi connectivity index (χ4v) is 1.21. The van der Waals surface area contributed by atoms with Crippen LogP contribution in [0.25, 0.3) is 6.08 Å². The Balaban J connectivity index is 2.47. The summed E-state index contributed by atoms with van der Waals surface area (Å²) in [5, 5.41) is 3.97. The van der Waals surface area contributed by atoms with Crippen molar-refractivity contribution in [1.82, 2.24) is 10.6 Å². The minimum Gasteiger partial charge on any atom is -0.336 e. The Morgan fingerprint density at radius 2 is 2.33 bits per heavy atom. The van der Waals surface area contributed by atoms with Crippen LogP contribution in [0.1, 0.15) is 31.0 Å². The van der Waals surface area contributed by atoms with Gasteiger partial charge in [0.25, 0.3) is 5.88 Å². The zero-order valence-electron chi connectivity index (χ0n) is 7.09. The third-order valence-corrected chi connectivity index (χ3v) is 1.82. The van der Waals surface area contributed by atoms with Crippen molar-refractivity contribution in [1.29, 1.82) is 0 Å². The number of hydrogen-bond donors (Lipinski definition) is 2. The minimum atomic E-state index is 0.391. The van der Waals surface area contributed by atoms with E-state index < -0.39 is 0 Å². The number of aromatic nitrogens is 1. The first-order valence-electron chi connectivity index (χ1n) is 3.96. The fourth-order valence-electron chi connectivity index (χ4n) is 1.21. The standard InChI is InChI=1S/C8H11N3O/c1-5(2)7-6-3-4-9-10-8(6)12-11-7/h3-5,9-10H,1-2H3. The van der Waals surface area contributed by atoms with Gasteiger partial charge in [-0.1, -0.05) is 19.0 Å². The van der Waals surface area contributed by atoms with Gasteiger partial charge in [-0.15, -0.1) is 0 Å². The van der Waals surface area contributed by atoms with E-state index in [9.17, 15) is 0 Å². The summed E-state index contributed by atoms with van der Waals surface area (Å²) in [6, 6.07) is 0. The second kappa shape index (κ2) is 2.55. The van der Waals surface area contributed by atoms with Gasteiger partial charge in [0, 0.05) is 6.20 Å². The van der Waals surface area contributed by atoms with E-state index in [1.54, 1.807) is 0 Å². The Morgan fingerprint density at radius 3 is 3.08 bits per heavy atom. The highest BCUT2D eigenvalue weighted by atomic mass is 16.5. The number of hydrogen-bond acceptors (Lipinski definition) is 4. The molecule has 2 heterocycles. The number of nitrogens with one attached hydrogen (secondary N) is 2. The number of anilines is 1. The van der Waals surface area contributed by atoms with E-state index in [4.69, 9.17) is 4.52 Å². The van der Waals surface area contributed by atoms with Crippen LogP contribution in [0.2, 0.25) is 0 Å². The highest BCUT2D eigenvalue weighted by Gasteiger charge is 2.17. The Labute approximate surface area is 70.6 Å². The van der Waals surface area contributed by atoms with E-state index in [1.165, 1.54) is 0 Å². The van der Waals surface area contributed by atoms with E-state index in [2.05, 4.69) is 29.9 Å². The zero-order chi connectivity index (χ0) is 8.55. The van der Waals surface area contributed by atoms with Gasteiger partial charge in [-0.05, 0) is 12.0 Å². The molecule has 0 bridgehead atoms. The molecule has 4 heteroatoms. The lowest BCUT2D eigenvalue weighted by molar-refractivity contribution is 0.418. The summed E-state index contributed by atoms with van der Waals surface area (Å²) in [6.45, 7) is 4.18. The zero-order valence-corrected chi connectivity index (χ0v) is 7.09. The molecule has 0 aliphatic carbocycles. The number of hydrazine groups is 1. The van der Waals surface area contributed by atoms with Gasteiger partial charge >= 0.3 is 0 Å². The summed E-state index contributed by atoms with van der Waals surface area (Å²) in [5.74, 6) is 1.09. The van der Waals surface area contributed by atoms with Gasteiger partial charge in [0.15, 0.2) is 0 Å². The van der Waals surface area contributed by atoms with Crippen molar-refractivity contribution in [3.8, 4) is 0 Å². The predicted molar refractivity (Wildman–Crippen MR) is 46.4 cm³/mol. The smallest absolute Gasteiger partial charge is 0.250 e. The van der Waals surface area contributed by atoms with Gasteiger partial charge in [0.2, 0.25) is 0 Å². The molecule has 12 heavy (non-hydrogen) atoms. The molecule has 4 nitrogen and oxygen atoms in total. The summed E-state index contributed by atoms with van der Waals surface area (Å²) in [5.41, 5.74) is 7.74. The third kappa shape index (κ3) is 0.958. The first-order chi connectivity index (χ1) is 5.79. The molecule has 2 rings (SSSR count). The predicted octanol–water partition coefficient (Wildman–Crippen LogP) is 1.70. The normalized spacial score (nSPS) is 13.9. The van der Waals surface area contributed by atoms with Gasteiger partial charge in [0.05, 0.1) is 11.3 Å². The number of fused-ring (bicyclic) bond motifs is 1. The second-order valence-corrected chi connectivity index (χ2v) is 3.07. The lowest BCUT2D eigenvalue weighted by atomic mass is 10.1. The van der Waals surface area contributed by atoms with E-state index in [1.807, 2.05) is 12.3 Å². The molecule has 1 aliphatic heterocycles. The maximum Gasteiger partial charge on any atom is 0.250 e. The summed E-state index contributed by atoms with van der Waals surface area (Å²) >= 11 is 0. The van der Waals surface area contributed by atoms with Crippen molar-refractivity contribution >= 4 is 12.0 Å². The molecule has 0 atom stereocenters. The van der Waals surface area contributed by atoms with Crippen molar-refractivity contribution < 1.29 is 4.52 Å². The quantitative estimate of drug-likeness (QED) is 0.665. The monoisotopic (exact) mass is 165 g/mol. The molecule has 0 fully saturated rings. The largest absolute Gasteiger partial charge is 0.336 e. The molecule has 0 unspecified atom stereocenters. The molecule has 1 aromatic rings. The Morgan fingerprint density at radius 1 is 1.50 bits per heavy atom. The first-order valence-corrected chi connectivity index (χ1v) is 3.96. The third-order valence-electron chi connectivity index (χ3n) is 1.82. The molecule has 0 spiro atoms. The maximum absolute atomic E-state index is 5.07. The number of rotatable bonds is 1. The van der Waals surface area contributed by atoms with E-state index in [0.29, 0.717) is 11.8 Å². The van der Waals surface area contributed by atoms with Crippen LogP contribution in [0.15, 0.2) is 10.7 Å². The summed E-state index contributed by atoms with van der Waals surface area (Å²) < 4.78 is 5.07. The molecule has 64 valence electrons. The average molecular weight is 165 g/mol. The Hall–Kier alpha value is -1.45. The van der Waals surface area contributed by atoms with Crippen LogP contribution in [-0.4, -0.2) is 5.16 Å². The van der Waals surface area contributed by atoms with Gasteiger partial charge in [-0.25, -0.2) is 0 Å². The summed E-state index contributed by atoms with van der Waals surface area (Å²) in [4.78, 5) is 0. The highest BCUT2D eigenvalue weighted by molar-refractivity contribution is 5.66. The van der Waals surface area contributed by atoms with Crippen molar-refractivity contribution in [3.63, 3.8) is 0 Å². The molecule has 0 radical (unpaired) electrons. The highest BCUT2D eigenvalue weighted by Crippen LogP contribution is 2.27. The Bertz CT molecular complexity index is 314. The SMILES string of the molecule is CC(C)c1noc2c1C=CNN2. The van der Waals surface area contributed by atoms with Crippen LogP contribution >= 0.6 is 0 Å². The Kier molecular flexibility index (Phi) is 1.53. The van der Waals surface area contributed by atoms with Crippen LogP contribution in [0.3, 0.4) is 0 Å². The molecule has 2 N–H and O–H groups in total. The summed E-state index contributed by atoms with van der Waals surface area (Å²) in [7, 11) is 0. The van der Waals surface area contributed by atoms with Crippen molar-refractivity contribution in [2.45, 2.75) is 19.8 Å². The van der Waals surface area contributed by atoms with Crippen molar-refractivity contribution in [2.24, 2.45) is 0 Å². The summed E-state index contributed by atoms with van der Waals surface area (Å²) in [6.07, 6.45) is 3.78. The van der Waals surface area contributed by atoms with Crippen molar-refractivity contribution in [3.05, 3.63) is 17.5 Å². The second-order valence-electron chi connectivity index (χ2n) is 3.07. The van der Waals surface area contributed by atoms with E-state index >= 15 is 0 Å². The molecule has 0 aromatic carbocycles. The topological polar surface area (TPSA) is 50.1 Å². The fraction of sp³-hybridized carbons (Fsp3) is 0.375. The molecule has 0 saturated heterocycles. The van der Waals surface area contributed by atoms with Crippen LogP contribution in [0, 0.1) is 0 Å². The van der Waals surface area contributed by atoms with E-state index in [0.717, 1.165) is 11.3 Å². The molecular formula is C8H11N3O. The van der Waals surface area contributed by atoms with Crippen LogP contribution in [-0.2, 0) is 0 Å². The molecule has 0 amide bonds. The average Bonchev–Trinajstić information content (AvgIpc) is 2.47. The van der Waals surface area contributed by atoms with Crippen molar-refractivity contribution in [2.75, 3.05) is 5.43 Å². The van der Waals surface area contributed by atoms with Gasteiger partial charge in [-0.2, -0.15) is 0 Å². The van der Waals surface area contributed by atoms with Gasteiger partial charge in [-0.3, -0.25) is 5.43 Å². The molecule has 1 aliphatic rings. The first kappa shape index (κ1) is 7.21. The van der Waals surface area contributed by atoms with Gasteiger partial charge in [0.1, 0.15) is 0 Å². The van der Waals surface area contributed by atoms with Crippen LogP contribution < -0.4 is 10.9 Å². The van der Waals surface area contributed by atoms with Gasteiger partial charge < -0.3 is 9.95 Å².